The number of fused-ring (bicyclic) bond motifs is 1. The summed E-state index contributed by atoms with van der Waals surface area (Å²) in [5.41, 5.74) is 3.76. The molecule has 0 amide bonds. The van der Waals surface area contributed by atoms with Crippen molar-refractivity contribution in [2.75, 3.05) is 91.0 Å². The average molecular weight is 837 g/mol. The van der Waals surface area contributed by atoms with E-state index >= 15 is 0 Å². The molecule has 0 aliphatic carbocycles. The number of anilines is 6. The summed E-state index contributed by atoms with van der Waals surface area (Å²) in [5, 5.41) is 0. The van der Waals surface area contributed by atoms with Crippen molar-refractivity contribution < 1.29 is 17.9 Å². The fourth-order valence-electron chi connectivity index (χ4n) is 6.95. The second-order valence-corrected chi connectivity index (χ2v) is 14.7. The van der Waals surface area contributed by atoms with Gasteiger partial charge < -0.3 is 23.7 Å². The summed E-state index contributed by atoms with van der Waals surface area (Å²) < 4.78 is 54.2. The highest BCUT2D eigenvalue weighted by molar-refractivity contribution is 14.1. The number of aryl methyl sites for hydroxylation is 1. The van der Waals surface area contributed by atoms with Gasteiger partial charge in [-0.3, -0.25) is 18.0 Å². The second-order valence-electron chi connectivity index (χ2n) is 12.8. The van der Waals surface area contributed by atoms with Crippen LogP contribution in [0.25, 0.3) is 11.0 Å². The first-order valence-electron chi connectivity index (χ1n) is 17.0. The first kappa shape index (κ1) is 37.4. The molecule has 274 valence electrons. The number of hydrogen-bond acceptors (Lipinski definition) is 12. The Kier molecular flexibility index (Phi) is 11.5. The molecule has 0 N–H and O–H groups in total. The Morgan fingerprint density at radius 2 is 1.69 bits per heavy atom. The van der Waals surface area contributed by atoms with Crippen molar-refractivity contribution in [2.45, 2.75) is 38.4 Å². The van der Waals surface area contributed by atoms with E-state index in [4.69, 9.17) is 9.72 Å². The molecule has 0 unspecified atom stereocenters. The van der Waals surface area contributed by atoms with E-state index in [0.29, 0.717) is 35.2 Å². The third-order valence-corrected chi connectivity index (χ3v) is 11.6. The minimum absolute atomic E-state index is 0.00432. The number of ether oxygens (including phenoxy) is 1. The highest BCUT2D eigenvalue weighted by Gasteiger charge is 2.37. The molecule has 11 nitrogen and oxygen atoms in total. The molecule has 0 radical (unpaired) electrons. The van der Waals surface area contributed by atoms with E-state index in [1.165, 1.54) is 36.2 Å². The molecule has 2 aliphatic heterocycles. The van der Waals surface area contributed by atoms with Crippen molar-refractivity contribution in [1.29, 1.82) is 0 Å². The summed E-state index contributed by atoms with van der Waals surface area (Å²) in [4.78, 5) is 26.8. The van der Waals surface area contributed by atoms with Gasteiger partial charge in [-0.05, 0) is 56.1 Å². The Hall–Kier alpha value is -3.35. The van der Waals surface area contributed by atoms with Crippen molar-refractivity contribution in [2.24, 2.45) is 0 Å². The lowest BCUT2D eigenvalue weighted by atomic mass is 9.98. The van der Waals surface area contributed by atoms with Crippen LogP contribution < -0.4 is 22.0 Å². The third-order valence-electron chi connectivity index (χ3n) is 9.93. The predicted octanol–water partition coefficient (Wildman–Crippen LogP) is 7.20. The smallest absolute Gasteiger partial charge is 0.418 e. The summed E-state index contributed by atoms with van der Waals surface area (Å²) in [7, 11) is 7.17. The minimum Gasteiger partial charge on any atom is -0.491 e. The largest absolute Gasteiger partial charge is 0.491 e. The van der Waals surface area contributed by atoms with Crippen LogP contribution in [-0.2, 0) is 12.6 Å². The lowest BCUT2D eigenvalue weighted by Gasteiger charge is -2.43. The Morgan fingerprint density at radius 1 is 0.980 bits per heavy atom. The maximum atomic E-state index is 14.9. The van der Waals surface area contributed by atoms with Crippen LogP contribution in [-0.4, -0.2) is 110 Å². The number of piperazine rings is 1. The molecule has 0 spiro atoms. The number of nitrogens with zero attached hydrogens (tertiary/aromatic N) is 10. The molecule has 4 aromatic rings. The number of alkyl halides is 3. The normalized spacial score (nSPS) is 16.5. The number of benzene rings is 2. The molecule has 6 rings (SSSR count). The second kappa shape index (κ2) is 15.7. The average Bonchev–Trinajstić information content (AvgIpc) is 3.15. The number of piperidine rings is 1. The number of rotatable bonds is 10. The molecular formula is C35H44F3IN10OS. The predicted molar refractivity (Wildman–Crippen MR) is 209 cm³/mol. The fourth-order valence-corrected chi connectivity index (χ4v) is 8.05. The van der Waals surface area contributed by atoms with Crippen LogP contribution in [0.2, 0.25) is 0 Å². The molecule has 51 heavy (non-hydrogen) atoms. The molecule has 2 aromatic carbocycles. The minimum atomic E-state index is -4.60. The van der Waals surface area contributed by atoms with Gasteiger partial charge in [-0.25, -0.2) is 4.98 Å². The Balaban J connectivity index is 1.34. The Morgan fingerprint density at radius 3 is 2.33 bits per heavy atom. The van der Waals surface area contributed by atoms with Gasteiger partial charge in [0.05, 0.1) is 64.3 Å². The van der Waals surface area contributed by atoms with Gasteiger partial charge in [-0.2, -0.15) is 18.2 Å². The van der Waals surface area contributed by atoms with Gasteiger partial charge >= 0.3 is 6.18 Å². The molecular weight excluding hydrogens is 792 g/mol. The highest BCUT2D eigenvalue weighted by atomic mass is 127. The molecule has 2 aliphatic rings. The molecule has 0 bridgehead atoms. The maximum Gasteiger partial charge on any atom is 0.418 e. The highest BCUT2D eigenvalue weighted by Crippen LogP contribution is 2.46. The molecule has 2 fully saturated rings. The molecule has 2 aromatic heterocycles. The summed E-state index contributed by atoms with van der Waals surface area (Å²) >= 11 is 3.64. The van der Waals surface area contributed by atoms with Crippen LogP contribution in [0, 0.1) is 0 Å². The number of aromatic nitrogens is 4. The maximum absolute atomic E-state index is 14.9. The van der Waals surface area contributed by atoms with Gasteiger partial charge in [0.25, 0.3) is 0 Å². The lowest BCUT2D eigenvalue weighted by molar-refractivity contribution is -0.137. The summed E-state index contributed by atoms with van der Waals surface area (Å²) in [6, 6.07) is 7.24. The van der Waals surface area contributed by atoms with Crippen LogP contribution >= 0.6 is 34.8 Å². The SMILES string of the molecule is CCc1cc(N(C)c2ncc(OC)c(N(I)c3ccc4nccnc4c3N(C)SC)n2)c(C(F)(F)F)cc1N1CCC(N2CCN(C)CC2)CC1. The monoisotopic (exact) mass is 836 g/mol. The van der Waals surface area contributed by atoms with E-state index in [1.807, 2.05) is 39.8 Å². The molecule has 16 heteroatoms. The summed E-state index contributed by atoms with van der Waals surface area (Å²) in [6.45, 7) is 7.61. The van der Waals surface area contributed by atoms with Crippen LogP contribution in [0.1, 0.15) is 30.9 Å². The molecule has 4 heterocycles. The molecule has 2 saturated heterocycles. The fraction of sp³-hybridized carbons (Fsp3) is 0.486. The van der Waals surface area contributed by atoms with Crippen molar-refractivity contribution in [3.05, 3.63) is 54.0 Å². The van der Waals surface area contributed by atoms with Crippen LogP contribution in [0.3, 0.4) is 0 Å². The quantitative estimate of drug-likeness (QED) is 0.0922. The third kappa shape index (κ3) is 7.74. The zero-order valence-electron chi connectivity index (χ0n) is 29.8. The van der Waals surface area contributed by atoms with Crippen molar-refractivity contribution in [3.63, 3.8) is 0 Å². The van der Waals surface area contributed by atoms with E-state index in [0.717, 1.165) is 74.6 Å². The molecule has 0 atom stereocenters. The summed E-state index contributed by atoms with van der Waals surface area (Å²) in [6.07, 6.45) is 4.59. The first-order valence-corrected chi connectivity index (χ1v) is 19.1. The van der Waals surface area contributed by atoms with E-state index in [9.17, 15) is 13.2 Å². The number of hydrogen-bond donors (Lipinski definition) is 0. The van der Waals surface area contributed by atoms with E-state index in [-0.39, 0.29) is 11.6 Å². The first-order chi connectivity index (χ1) is 24.4. The van der Waals surface area contributed by atoms with Crippen molar-refractivity contribution in [3.8, 4) is 5.75 Å². The standard InChI is InChI=1S/C35H44F3IN10OS/c1-7-23-20-29(25(35(36,37)38)21-28(23)48-14-10-24(11-15-48)47-18-16-44(2)17-19-47)45(3)34-42-22-30(50-5)33(43-34)49(39)27-9-8-26-31(41-13-12-40-26)32(27)46(4)51-6/h8-9,12-13,20-22,24H,7,10-11,14-19H2,1-6H3. The number of methoxy groups -OCH3 is 1. The van der Waals surface area contributed by atoms with Crippen molar-refractivity contribution in [1.82, 2.24) is 29.7 Å². The van der Waals surface area contributed by atoms with Crippen LogP contribution in [0.4, 0.5) is 47.7 Å². The Bertz CT molecular complexity index is 1840. The number of halogens is 4. The topological polar surface area (TPSA) is 80.2 Å². The van der Waals surface area contributed by atoms with E-state index in [2.05, 4.69) is 59.6 Å². The van der Waals surface area contributed by atoms with Gasteiger partial charge in [0.2, 0.25) is 5.95 Å². The number of likely N-dealkylation sites (N-methyl/N-ethyl adjacent to an activating group) is 1. The van der Waals surface area contributed by atoms with Gasteiger partial charge in [0.15, 0.2) is 11.6 Å². The van der Waals surface area contributed by atoms with Gasteiger partial charge in [-0.15, -0.1) is 0 Å². The van der Waals surface area contributed by atoms with E-state index < -0.39 is 11.7 Å². The van der Waals surface area contributed by atoms with Crippen molar-refractivity contribution >= 4 is 80.4 Å². The van der Waals surface area contributed by atoms with Gasteiger partial charge in [-0.1, -0.05) is 18.9 Å². The zero-order chi connectivity index (χ0) is 36.4. The zero-order valence-corrected chi connectivity index (χ0v) is 32.8. The Labute approximate surface area is 315 Å². The van der Waals surface area contributed by atoms with Crippen LogP contribution in [0.15, 0.2) is 42.9 Å². The van der Waals surface area contributed by atoms with Gasteiger partial charge in [0.1, 0.15) is 5.52 Å². The lowest BCUT2D eigenvalue weighted by Crippen LogP contribution is -2.52. The van der Waals surface area contributed by atoms with E-state index in [1.54, 1.807) is 25.5 Å². The molecule has 0 saturated carbocycles. The van der Waals surface area contributed by atoms with Crippen LogP contribution in [0.5, 0.6) is 5.75 Å². The summed E-state index contributed by atoms with van der Waals surface area (Å²) in [5.74, 6) is 0.832. The van der Waals surface area contributed by atoms with Gasteiger partial charge in [0, 0.05) is 83.7 Å².